The van der Waals surface area contributed by atoms with Crippen molar-refractivity contribution in [1.82, 2.24) is 9.78 Å². The first-order chi connectivity index (χ1) is 8.26. The van der Waals surface area contributed by atoms with Crippen LogP contribution in [0.15, 0.2) is 30.5 Å². The summed E-state index contributed by atoms with van der Waals surface area (Å²) in [6.07, 6.45) is 2.11. The van der Waals surface area contributed by atoms with Crippen molar-refractivity contribution >= 4 is 0 Å². The fraction of sp³-hybridized carbons (Fsp3) is 0.250. The molecule has 0 spiro atoms. The average Bonchev–Trinajstić information content (AvgIpc) is 2.73. The van der Waals surface area contributed by atoms with Crippen LogP contribution >= 0.6 is 0 Å². The molecule has 0 amide bonds. The molecule has 0 atom stereocenters. The van der Waals surface area contributed by atoms with Crippen LogP contribution in [0.4, 0.5) is 4.39 Å². The molecule has 0 fully saturated rings. The van der Waals surface area contributed by atoms with Gasteiger partial charge in [0, 0.05) is 18.6 Å². The minimum absolute atomic E-state index is 0.0332. The molecule has 4 nitrogen and oxygen atoms in total. The number of aliphatic hydroxyl groups excluding tert-OH is 1. The normalized spacial score (nSPS) is 10.5. The number of benzene rings is 1. The summed E-state index contributed by atoms with van der Waals surface area (Å²) in [7, 11) is 1.54. The fourth-order valence-electron chi connectivity index (χ4n) is 1.65. The van der Waals surface area contributed by atoms with Gasteiger partial charge in [0.15, 0.2) is 0 Å². The zero-order chi connectivity index (χ0) is 12.3. The number of halogens is 1. The minimum Gasteiger partial charge on any atom is -0.481 e. The SMILES string of the molecule is COc1c(CCO)cnn1-c1ccc(F)cc1. The maximum absolute atomic E-state index is 12.8. The van der Waals surface area contributed by atoms with Crippen LogP contribution < -0.4 is 4.74 Å². The van der Waals surface area contributed by atoms with E-state index < -0.39 is 0 Å². The zero-order valence-electron chi connectivity index (χ0n) is 9.43. The van der Waals surface area contributed by atoms with Crippen LogP contribution in [0.1, 0.15) is 5.56 Å². The minimum atomic E-state index is -0.296. The second-order valence-corrected chi connectivity index (χ2v) is 3.54. The van der Waals surface area contributed by atoms with Gasteiger partial charge < -0.3 is 9.84 Å². The summed E-state index contributed by atoms with van der Waals surface area (Å²) in [5.74, 6) is 0.265. The Labute approximate surface area is 98.3 Å². The molecule has 0 saturated carbocycles. The Kier molecular flexibility index (Phi) is 3.39. The third-order valence-electron chi connectivity index (χ3n) is 2.44. The molecule has 2 rings (SSSR count). The van der Waals surface area contributed by atoms with Crippen molar-refractivity contribution in [3.8, 4) is 11.6 Å². The van der Waals surface area contributed by atoms with E-state index in [1.807, 2.05) is 0 Å². The summed E-state index contributed by atoms with van der Waals surface area (Å²) < 4.78 is 19.6. The van der Waals surface area contributed by atoms with Gasteiger partial charge in [0.25, 0.3) is 0 Å². The number of ether oxygens (including phenoxy) is 1. The standard InChI is InChI=1S/C12H13FN2O2/c1-17-12-9(6-7-16)8-14-15(12)11-4-2-10(13)3-5-11/h2-5,8,16H,6-7H2,1H3. The zero-order valence-corrected chi connectivity index (χ0v) is 9.43. The molecular formula is C12H13FN2O2. The average molecular weight is 236 g/mol. The molecule has 1 aromatic carbocycles. The van der Waals surface area contributed by atoms with E-state index in [1.54, 1.807) is 23.0 Å². The number of methoxy groups -OCH3 is 1. The first-order valence-corrected chi connectivity index (χ1v) is 5.24. The van der Waals surface area contributed by atoms with Crippen molar-refractivity contribution in [2.45, 2.75) is 6.42 Å². The molecule has 5 heteroatoms. The lowest BCUT2D eigenvalue weighted by molar-refractivity contribution is 0.296. The van der Waals surface area contributed by atoms with Crippen molar-refractivity contribution in [2.24, 2.45) is 0 Å². The molecule has 1 heterocycles. The summed E-state index contributed by atoms with van der Waals surface area (Å²) in [5.41, 5.74) is 1.53. The predicted molar refractivity (Wildman–Crippen MR) is 60.9 cm³/mol. The van der Waals surface area contributed by atoms with Gasteiger partial charge in [-0.05, 0) is 24.3 Å². The van der Waals surface area contributed by atoms with Gasteiger partial charge >= 0.3 is 0 Å². The summed E-state index contributed by atoms with van der Waals surface area (Å²) >= 11 is 0. The third kappa shape index (κ3) is 2.29. The van der Waals surface area contributed by atoms with E-state index in [2.05, 4.69) is 5.10 Å². The van der Waals surface area contributed by atoms with Crippen LogP contribution in [0, 0.1) is 5.82 Å². The molecule has 90 valence electrons. The molecular weight excluding hydrogens is 223 g/mol. The number of nitrogens with zero attached hydrogens (tertiary/aromatic N) is 2. The number of aromatic nitrogens is 2. The van der Waals surface area contributed by atoms with Gasteiger partial charge in [-0.15, -0.1) is 0 Å². The Morgan fingerprint density at radius 1 is 1.35 bits per heavy atom. The summed E-state index contributed by atoms with van der Waals surface area (Å²) in [6.45, 7) is 0.0332. The lowest BCUT2D eigenvalue weighted by Gasteiger charge is -2.07. The summed E-state index contributed by atoms with van der Waals surface area (Å²) in [6, 6.07) is 5.96. The molecule has 17 heavy (non-hydrogen) atoms. The Morgan fingerprint density at radius 2 is 2.06 bits per heavy atom. The van der Waals surface area contributed by atoms with E-state index in [-0.39, 0.29) is 12.4 Å². The highest BCUT2D eigenvalue weighted by molar-refractivity contribution is 5.38. The molecule has 0 aliphatic heterocycles. The lowest BCUT2D eigenvalue weighted by atomic mass is 10.2. The maximum Gasteiger partial charge on any atom is 0.219 e. The highest BCUT2D eigenvalue weighted by Gasteiger charge is 2.12. The van der Waals surface area contributed by atoms with Crippen molar-refractivity contribution in [3.63, 3.8) is 0 Å². The second kappa shape index (κ2) is 4.97. The number of hydrogen-bond donors (Lipinski definition) is 1. The molecule has 1 N–H and O–H groups in total. The molecule has 1 aromatic heterocycles. The van der Waals surface area contributed by atoms with E-state index in [1.165, 1.54) is 19.2 Å². The molecule has 0 aliphatic rings. The van der Waals surface area contributed by atoms with Crippen LogP contribution in [0.5, 0.6) is 5.88 Å². The van der Waals surface area contributed by atoms with Gasteiger partial charge in [-0.1, -0.05) is 0 Å². The maximum atomic E-state index is 12.8. The van der Waals surface area contributed by atoms with Crippen molar-refractivity contribution in [3.05, 3.63) is 41.8 Å². The largest absolute Gasteiger partial charge is 0.481 e. The molecule has 0 radical (unpaired) electrons. The van der Waals surface area contributed by atoms with Crippen molar-refractivity contribution < 1.29 is 14.2 Å². The van der Waals surface area contributed by atoms with Gasteiger partial charge in [0.2, 0.25) is 5.88 Å². The Bertz CT molecular complexity index is 494. The molecule has 0 bridgehead atoms. The van der Waals surface area contributed by atoms with Gasteiger partial charge in [-0.2, -0.15) is 5.10 Å². The first-order valence-electron chi connectivity index (χ1n) is 5.24. The van der Waals surface area contributed by atoms with E-state index in [9.17, 15) is 4.39 Å². The van der Waals surface area contributed by atoms with Gasteiger partial charge in [0.05, 0.1) is 19.0 Å². The lowest BCUT2D eigenvalue weighted by Crippen LogP contribution is -2.01. The van der Waals surface area contributed by atoms with Crippen LogP contribution in [0.3, 0.4) is 0 Å². The van der Waals surface area contributed by atoms with Gasteiger partial charge in [-0.25, -0.2) is 9.07 Å². The first kappa shape index (κ1) is 11.6. The van der Waals surface area contributed by atoms with Gasteiger partial charge in [0.1, 0.15) is 5.82 Å². The smallest absolute Gasteiger partial charge is 0.219 e. The second-order valence-electron chi connectivity index (χ2n) is 3.54. The summed E-state index contributed by atoms with van der Waals surface area (Å²) in [4.78, 5) is 0. The molecule has 0 saturated heterocycles. The number of rotatable bonds is 4. The molecule has 2 aromatic rings. The fourth-order valence-corrected chi connectivity index (χ4v) is 1.65. The third-order valence-corrected chi connectivity index (χ3v) is 2.44. The quantitative estimate of drug-likeness (QED) is 0.876. The topological polar surface area (TPSA) is 47.3 Å². The van der Waals surface area contributed by atoms with Crippen LogP contribution in [0.2, 0.25) is 0 Å². The number of aliphatic hydroxyl groups is 1. The molecule has 0 aliphatic carbocycles. The van der Waals surface area contributed by atoms with E-state index in [4.69, 9.17) is 9.84 Å². The Morgan fingerprint density at radius 3 is 2.65 bits per heavy atom. The summed E-state index contributed by atoms with van der Waals surface area (Å²) in [5, 5.41) is 13.1. The number of hydrogen-bond acceptors (Lipinski definition) is 3. The van der Waals surface area contributed by atoms with Crippen LogP contribution in [0.25, 0.3) is 5.69 Å². The molecule has 0 unspecified atom stereocenters. The Balaban J connectivity index is 2.41. The monoisotopic (exact) mass is 236 g/mol. The van der Waals surface area contributed by atoms with Crippen LogP contribution in [-0.4, -0.2) is 28.6 Å². The van der Waals surface area contributed by atoms with E-state index >= 15 is 0 Å². The Hall–Kier alpha value is -1.88. The van der Waals surface area contributed by atoms with Crippen molar-refractivity contribution in [2.75, 3.05) is 13.7 Å². The van der Waals surface area contributed by atoms with E-state index in [0.717, 1.165) is 5.56 Å². The van der Waals surface area contributed by atoms with Gasteiger partial charge in [-0.3, -0.25) is 0 Å². The predicted octanol–water partition coefficient (Wildman–Crippen LogP) is 1.55. The highest BCUT2D eigenvalue weighted by Crippen LogP contribution is 2.22. The van der Waals surface area contributed by atoms with Crippen LogP contribution in [-0.2, 0) is 6.42 Å². The van der Waals surface area contributed by atoms with E-state index in [0.29, 0.717) is 18.0 Å². The van der Waals surface area contributed by atoms with Crippen molar-refractivity contribution in [1.29, 1.82) is 0 Å². The highest BCUT2D eigenvalue weighted by atomic mass is 19.1.